The van der Waals surface area contributed by atoms with E-state index in [1.54, 1.807) is 6.07 Å². The summed E-state index contributed by atoms with van der Waals surface area (Å²) in [7, 11) is 0. The molecule has 0 fully saturated rings. The van der Waals surface area contributed by atoms with Crippen LogP contribution in [0.4, 0.5) is 0 Å². The quantitative estimate of drug-likeness (QED) is 0.718. The van der Waals surface area contributed by atoms with E-state index < -0.39 is 0 Å². The molecule has 0 atom stereocenters. The maximum absolute atomic E-state index is 6.23. The molecule has 0 saturated heterocycles. The summed E-state index contributed by atoms with van der Waals surface area (Å²) in [5.41, 5.74) is 2.09. The van der Waals surface area contributed by atoms with Gasteiger partial charge in [-0.3, -0.25) is 0 Å². The van der Waals surface area contributed by atoms with Crippen molar-refractivity contribution in [1.82, 2.24) is 15.3 Å². The van der Waals surface area contributed by atoms with Gasteiger partial charge in [0.1, 0.15) is 17.0 Å². The van der Waals surface area contributed by atoms with Gasteiger partial charge in [-0.15, -0.1) is 0 Å². The van der Waals surface area contributed by atoms with Crippen molar-refractivity contribution >= 4 is 11.6 Å². The van der Waals surface area contributed by atoms with E-state index in [-0.39, 0.29) is 0 Å². The molecule has 0 aliphatic rings. The average Bonchev–Trinajstić information content (AvgIpc) is 3.06. The number of halogens is 1. The lowest BCUT2D eigenvalue weighted by Crippen LogP contribution is -1.88. The maximum Gasteiger partial charge on any atom is 0.263 e. The monoisotopic (exact) mass is 303 g/mol. The van der Waals surface area contributed by atoms with Gasteiger partial charge in [0, 0.05) is 12.0 Å². The molecular weight excluding hydrogens is 290 g/mol. The van der Waals surface area contributed by atoms with Crippen LogP contribution < -0.4 is 0 Å². The molecule has 1 aromatic carbocycles. The summed E-state index contributed by atoms with van der Waals surface area (Å²) in [6.45, 7) is 3.88. The first-order chi connectivity index (χ1) is 10.2. The second-order valence-corrected chi connectivity index (χ2v) is 5.12. The molecule has 5 nitrogen and oxygen atoms in total. The standard InChI is InChI=1S/C15H14ClN3O2/c1-3-6-12-17-15(21-18-12)13-9(2)20-19-14(13)10-7-4-5-8-11(10)16/h4-5,7-8H,3,6H2,1-2H3. The van der Waals surface area contributed by atoms with Gasteiger partial charge in [-0.25, -0.2) is 0 Å². The average molecular weight is 304 g/mol. The van der Waals surface area contributed by atoms with Crippen molar-refractivity contribution in [2.75, 3.05) is 0 Å². The summed E-state index contributed by atoms with van der Waals surface area (Å²) < 4.78 is 10.6. The first-order valence-corrected chi connectivity index (χ1v) is 7.12. The van der Waals surface area contributed by atoms with Crippen molar-refractivity contribution in [3.63, 3.8) is 0 Å². The Morgan fingerprint density at radius 3 is 2.71 bits per heavy atom. The topological polar surface area (TPSA) is 65.0 Å². The van der Waals surface area contributed by atoms with Crippen molar-refractivity contribution < 1.29 is 9.05 Å². The van der Waals surface area contributed by atoms with E-state index in [1.165, 1.54) is 0 Å². The number of benzene rings is 1. The Morgan fingerprint density at radius 1 is 1.14 bits per heavy atom. The van der Waals surface area contributed by atoms with Gasteiger partial charge in [-0.2, -0.15) is 4.98 Å². The number of rotatable bonds is 4. The van der Waals surface area contributed by atoms with E-state index in [1.807, 2.05) is 25.1 Å². The van der Waals surface area contributed by atoms with Gasteiger partial charge in [0.25, 0.3) is 5.89 Å². The van der Waals surface area contributed by atoms with E-state index in [0.717, 1.165) is 18.4 Å². The predicted octanol–water partition coefficient (Wildman–Crippen LogP) is 4.31. The molecule has 108 valence electrons. The van der Waals surface area contributed by atoms with Gasteiger partial charge < -0.3 is 9.05 Å². The lowest BCUT2D eigenvalue weighted by Gasteiger charge is -2.00. The second kappa shape index (κ2) is 5.69. The minimum Gasteiger partial charge on any atom is -0.360 e. The van der Waals surface area contributed by atoms with Crippen LogP contribution in [-0.4, -0.2) is 15.3 Å². The van der Waals surface area contributed by atoms with Gasteiger partial charge in [0.05, 0.1) is 5.02 Å². The summed E-state index contributed by atoms with van der Waals surface area (Å²) in [5.74, 6) is 1.71. The van der Waals surface area contributed by atoms with Crippen molar-refractivity contribution in [2.45, 2.75) is 26.7 Å². The first kappa shape index (κ1) is 13.8. The van der Waals surface area contributed by atoms with Crippen molar-refractivity contribution in [3.8, 4) is 22.7 Å². The lowest BCUT2D eigenvalue weighted by atomic mass is 10.1. The summed E-state index contributed by atoms with van der Waals surface area (Å²) in [5, 5.41) is 8.66. The van der Waals surface area contributed by atoms with Crippen molar-refractivity contribution in [2.24, 2.45) is 0 Å². The molecule has 0 saturated carbocycles. The number of hydrogen-bond donors (Lipinski definition) is 0. The zero-order valence-corrected chi connectivity index (χ0v) is 12.5. The smallest absolute Gasteiger partial charge is 0.263 e. The minimum atomic E-state index is 0.409. The normalized spacial score (nSPS) is 11.0. The zero-order chi connectivity index (χ0) is 14.8. The van der Waals surface area contributed by atoms with Gasteiger partial charge in [-0.05, 0) is 19.4 Å². The molecule has 2 aromatic heterocycles. The van der Waals surface area contributed by atoms with Crippen LogP contribution in [0.25, 0.3) is 22.7 Å². The van der Waals surface area contributed by atoms with Crippen LogP contribution in [0, 0.1) is 6.92 Å². The fraction of sp³-hybridized carbons (Fsp3) is 0.267. The third-order valence-corrected chi connectivity index (χ3v) is 3.48. The molecule has 2 heterocycles. The minimum absolute atomic E-state index is 0.409. The van der Waals surface area contributed by atoms with Gasteiger partial charge in [0.2, 0.25) is 0 Å². The maximum atomic E-state index is 6.23. The predicted molar refractivity (Wildman–Crippen MR) is 79.0 cm³/mol. The molecule has 0 amide bonds. The van der Waals surface area contributed by atoms with Crippen LogP contribution in [0.15, 0.2) is 33.3 Å². The van der Waals surface area contributed by atoms with Crippen LogP contribution in [-0.2, 0) is 6.42 Å². The Morgan fingerprint density at radius 2 is 1.95 bits per heavy atom. The van der Waals surface area contributed by atoms with Crippen LogP contribution in [0.5, 0.6) is 0 Å². The molecule has 0 spiro atoms. The summed E-state index contributed by atoms with van der Waals surface area (Å²) in [4.78, 5) is 4.40. The molecule has 0 radical (unpaired) electrons. The molecule has 0 aliphatic heterocycles. The Bertz CT molecular complexity index is 764. The van der Waals surface area contributed by atoms with Gasteiger partial charge in [-0.1, -0.05) is 47.0 Å². The molecule has 0 unspecified atom stereocenters. The molecule has 3 aromatic rings. The van der Waals surface area contributed by atoms with Crippen molar-refractivity contribution in [3.05, 3.63) is 40.9 Å². The molecule has 21 heavy (non-hydrogen) atoms. The highest BCUT2D eigenvalue weighted by Crippen LogP contribution is 2.36. The highest BCUT2D eigenvalue weighted by atomic mass is 35.5. The van der Waals surface area contributed by atoms with E-state index in [2.05, 4.69) is 22.2 Å². The first-order valence-electron chi connectivity index (χ1n) is 6.74. The van der Waals surface area contributed by atoms with E-state index in [4.69, 9.17) is 20.6 Å². The lowest BCUT2D eigenvalue weighted by molar-refractivity contribution is 0.397. The molecule has 0 N–H and O–H groups in total. The largest absolute Gasteiger partial charge is 0.360 e. The Kier molecular flexibility index (Phi) is 3.75. The molecule has 6 heteroatoms. The highest BCUT2D eigenvalue weighted by molar-refractivity contribution is 6.33. The Balaban J connectivity index is 2.11. The molecule has 3 rings (SSSR count). The fourth-order valence-corrected chi connectivity index (χ4v) is 2.37. The Hall–Kier alpha value is -2.14. The molecular formula is C15H14ClN3O2. The number of aromatic nitrogens is 3. The van der Waals surface area contributed by atoms with E-state index in [0.29, 0.717) is 33.8 Å². The zero-order valence-electron chi connectivity index (χ0n) is 11.8. The van der Waals surface area contributed by atoms with Crippen LogP contribution in [0.1, 0.15) is 24.9 Å². The summed E-state index contributed by atoms with van der Waals surface area (Å²) in [6, 6.07) is 7.45. The van der Waals surface area contributed by atoms with Crippen molar-refractivity contribution in [1.29, 1.82) is 0 Å². The molecule has 0 aliphatic carbocycles. The van der Waals surface area contributed by atoms with Crippen LogP contribution in [0.3, 0.4) is 0 Å². The number of hydrogen-bond acceptors (Lipinski definition) is 5. The third kappa shape index (κ3) is 2.56. The number of aryl methyl sites for hydroxylation is 2. The summed E-state index contributed by atoms with van der Waals surface area (Å²) >= 11 is 6.23. The van der Waals surface area contributed by atoms with Crippen LogP contribution in [0.2, 0.25) is 5.02 Å². The highest BCUT2D eigenvalue weighted by Gasteiger charge is 2.23. The SMILES string of the molecule is CCCc1noc(-c2c(-c3ccccc3Cl)noc2C)n1. The number of nitrogens with zero attached hydrogens (tertiary/aromatic N) is 3. The third-order valence-electron chi connectivity index (χ3n) is 3.15. The fourth-order valence-electron chi connectivity index (χ4n) is 2.14. The Labute approximate surface area is 126 Å². The van der Waals surface area contributed by atoms with E-state index in [9.17, 15) is 0 Å². The van der Waals surface area contributed by atoms with Crippen LogP contribution >= 0.6 is 11.6 Å². The summed E-state index contributed by atoms with van der Waals surface area (Å²) in [6.07, 6.45) is 1.73. The van der Waals surface area contributed by atoms with E-state index >= 15 is 0 Å². The van der Waals surface area contributed by atoms with Gasteiger partial charge in [0.15, 0.2) is 5.82 Å². The second-order valence-electron chi connectivity index (χ2n) is 4.71. The molecule has 0 bridgehead atoms. The van der Waals surface area contributed by atoms with Gasteiger partial charge >= 0.3 is 0 Å².